The molecule has 6 nitrogen and oxygen atoms in total. The third-order valence-electron chi connectivity index (χ3n) is 2.64. The third-order valence-corrected chi connectivity index (χ3v) is 3.99. The van der Waals surface area contributed by atoms with E-state index in [2.05, 4.69) is 15.9 Å². The van der Waals surface area contributed by atoms with Gasteiger partial charge in [-0.15, -0.1) is 0 Å². The molecular formula is C12H17BrN2O4S. The summed E-state index contributed by atoms with van der Waals surface area (Å²) in [5.74, 6) is -0.271. The molecule has 0 radical (unpaired) electrons. The van der Waals surface area contributed by atoms with Crippen LogP contribution in [0, 0.1) is 0 Å². The fourth-order valence-electron chi connectivity index (χ4n) is 1.62. The molecule has 0 aromatic heterocycles. The van der Waals surface area contributed by atoms with Crippen LogP contribution in [0.15, 0.2) is 27.6 Å². The largest absolute Gasteiger partial charge is 0.385 e. The predicted molar refractivity (Wildman–Crippen MR) is 79.0 cm³/mol. The van der Waals surface area contributed by atoms with Crippen LogP contribution in [0.3, 0.4) is 0 Å². The van der Waals surface area contributed by atoms with Crippen LogP contribution < -0.4 is 5.14 Å². The van der Waals surface area contributed by atoms with Crippen LogP contribution in [0.5, 0.6) is 0 Å². The number of benzene rings is 1. The summed E-state index contributed by atoms with van der Waals surface area (Å²) >= 11 is 3.18. The van der Waals surface area contributed by atoms with Gasteiger partial charge in [0.15, 0.2) is 0 Å². The van der Waals surface area contributed by atoms with Crippen LogP contribution in [-0.2, 0) is 14.8 Å². The molecule has 0 atom stereocenters. The second-order valence-electron chi connectivity index (χ2n) is 4.29. The molecule has 0 saturated heterocycles. The number of carbonyl (C=O) groups is 1. The Labute approximate surface area is 127 Å². The Balaban J connectivity index is 2.96. The number of hydrogen-bond donors (Lipinski definition) is 1. The van der Waals surface area contributed by atoms with Gasteiger partial charge in [0.2, 0.25) is 10.0 Å². The highest BCUT2D eigenvalue weighted by atomic mass is 79.9. The van der Waals surface area contributed by atoms with E-state index in [4.69, 9.17) is 9.88 Å². The van der Waals surface area contributed by atoms with Gasteiger partial charge in [0.1, 0.15) is 0 Å². The highest BCUT2D eigenvalue weighted by Gasteiger charge is 2.16. The molecule has 0 unspecified atom stereocenters. The van der Waals surface area contributed by atoms with Crippen LogP contribution in [-0.4, -0.2) is 46.5 Å². The Morgan fingerprint density at radius 3 is 2.60 bits per heavy atom. The Morgan fingerprint density at radius 1 is 1.40 bits per heavy atom. The molecular weight excluding hydrogens is 348 g/mol. The lowest BCUT2D eigenvalue weighted by molar-refractivity contribution is 0.0779. The minimum Gasteiger partial charge on any atom is -0.385 e. The van der Waals surface area contributed by atoms with Crippen molar-refractivity contribution in [3.63, 3.8) is 0 Å². The zero-order valence-electron chi connectivity index (χ0n) is 11.3. The van der Waals surface area contributed by atoms with E-state index in [-0.39, 0.29) is 16.4 Å². The molecule has 0 bridgehead atoms. The van der Waals surface area contributed by atoms with Crippen molar-refractivity contribution in [1.29, 1.82) is 0 Å². The summed E-state index contributed by atoms with van der Waals surface area (Å²) in [5.41, 5.74) is 0.267. The molecule has 0 aliphatic carbocycles. The fraction of sp³-hybridized carbons (Fsp3) is 0.417. The van der Waals surface area contributed by atoms with Crippen molar-refractivity contribution in [3.8, 4) is 0 Å². The maximum absolute atomic E-state index is 12.2. The molecule has 1 aromatic rings. The van der Waals surface area contributed by atoms with Gasteiger partial charge in [-0.05, 0) is 24.6 Å². The highest BCUT2D eigenvalue weighted by molar-refractivity contribution is 9.10. The highest BCUT2D eigenvalue weighted by Crippen LogP contribution is 2.19. The molecule has 8 heteroatoms. The Kier molecular flexibility index (Phi) is 6.12. The van der Waals surface area contributed by atoms with Crippen LogP contribution in [0.1, 0.15) is 16.8 Å². The van der Waals surface area contributed by atoms with Gasteiger partial charge in [-0.1, -0.05) is 15.9 Å². The third kappa shape index (κ3) is 4.86. The van der Waals surface area contributed by atoms with Crippen molar-refractivity contribution in [2.24, 2.45) is 5.14 Å². The summed E-state index contributed by atoms with van der Waals surface area (Å²) in [4.78, 5) is 13.6. The van der Waals surface area contributed by atoms with Gasteiger partial charge >= 0.3 is 0 Å². The number of hydrogen-bond acceptors (Lipinski definition) is 4. The number of ether oxygens (including phenoxy) is 1. The minimum atomic E-state index is -3.85. The number of sulfonamides is 1. The van der Waals surface area contributed by atoms with Crippen molar-refractivity contribution in [2.75, 3.05) is 27.3 Å². The summed E-state index contributed by atoms with van der Waals surface area (Å²) in [6.45, 7) is 1.07. The molecule has 0 fully saturated rings. The SMILES string of the molecule is COCCCN(C)C(=O)c1cc(Br)cc(S(N)(=O)=O)c1. The maximum atomic E-state index is 12.2. The molecule has 0 aliphatic heterocycles. The standard InChI is InChI=1S/C12H17BrN2O4S/c1-15(4-3-5-19-2)12(16)9-6-10(13)8-11(7-9)20(14,17)18/h6-8H,3-5H2,1-2H3,(H2,14,17,18). The summed E-state index contributed by atoms with van der Waals surface area (Å²) < 4.78 is 28.1. The maximum Gasteiger partial charge on any atom is 0.253 e. The molecule has 0 aliphatic rings. The number of rotatable bonds is 6. The molecule has 1 aromatic carbocycles. The number of nitrogens with two attached hydrogens (primary N) is 1. The first kappa shape index (κ1) is 17.1. The lowest BCUT2D eigenvalue weighted by atomic mass is 10.2. The molecule has 1 rings (SSSR count). The second kappa shape index (κ2) is 7.16. The van der Waals surface area contributed by atoms with E-state index in [0.717, 1.165) is 0 Å². The average Bonchev–Trinajstić information content (AvgIpc) is 2.36. The fourth-order valence-corrected chi connectivity index (χ4v) is 2.85. The number of nitrogens with zero attached hydrogens (tertiary/aromatic N) is 1. The molecule has 0 heterocycles. The van der Waals surface area contributed by atoms with Gasteiger partial charge in [0.25, 0.3) is 5.91 Å². The van der Waals surface area contributed by atoms with Gasteiger partial charge in [-0.3, -0.25) is 4.79 Å². The van der Waals surface area contributed by atoms with E-state index >= 15 is 0 Å². The van der Waals surface area contributed by atoms with Crippen molar-refractivity contribution in [2.45, 2.75) is 11.3 Å². The summed E-state index contributed by atoms with van der Waals surface area (Å²) in [5, 5.41) is 5.08. The van der Waals surface area contributed by atoms with Gasteiger partial charge in [0.05, 0.1) is 4.90 Å². The topological polar surface area (TPSA) is 89.7 Å². The first-order chi connectivity index (χ1) is 9.25. The van der Waals surface area contributed by atoms with Gasteiger partial charge in [-0.25, -0.2) is 13.6 Å². The Hall–Kier alpha value is -0.960. The van der Waals surface area contributed by atoms with Gasteiger partial charge in [-0.2, -0.15) is 0 Å². The minimum absolute atomic E-state index is 0.0967. The molecule has 0 spiro atoms. The number of halogens is 1. The van der Waals surface area contributed by atoms with E-state index in [1.807, 2.05) is 0 Å². The van der Waals surface area contributed by atoms with Crippen molar-refractivity contribution < 1.29 is 17.9 Å². The predicted octanol–water partition coefficient (Wildman–Crippen LogP) is 1.21. The molecule has 2 N–H and O–H groups in total. The zero-order chi connectivity index (χ0) is 15.3. The van der Waals surface area contributed by atoms with Crippen molar-refractivity contribution >= 4 is 31.9 Å². The quantitative estimate of drug-likeness (QED) is 0.768. The smallest absolute Gasteiger partial charge is 0.253 e. The molecule has 0 saturated carbocycles. The monoisotopic (exact) mass is 364 g/mol. The van der Waals surface area contributed by atoms with Crippen LogP contribution >= 0.6 is 15.9 Å². The molecule has 1 amide bonds. The Bertz CT molecular complexity index is 589. The second-order valence-corrected chi connectivity index (χ2v) is 6.77. The molecule has 112 valence electrons. The van der Waals surface area contributed by atoms with Crippen molar-refractivity contribution in [3.05, 3.63) is 28.2 Å². The number of amides is 1. The van der Waals surface area contributed by atoms with Gasteiger partial charge in [0, 0.05) is 37.3 Å². The van der Waals surface area contributed by atoms with Crippen LogP contribution in [0.25, 0.3) is 0 Å². The average molecular weight is 365 g/mol. The summed E-state index contributed by atoms with van der Waals surface area (Å²) in [6.07, 6.45) is 0.703. The van der Waals surface area contributed by atoms with Crippen molar-refractivity contribution in [1.82, 2.24) is 4.90 Å². The van der Waals surface area contributed by atoms with Crippen LogP contribution in [0.4, 0.5) is 0 Å². The number of carbonyl (C=O) groups excluding carboxylic acids is 1. The molecule has 20 heavy (non-hydrogen) atoms. The van der Waals surface area contributed by atoms with E-state index in [1.54, 1.807) is 20.2 Å². The first-order valence-corrected chi connectivity index (χ1v) is 8.17. The van der Waals surface area contributed by atoms with Crippen LogP contribution in [0.2, 0.25) is 0 Å². The zero-order valence-corrected chi connectivity index (χ0v) is 13.7. The number of primary sulfonamides is 1. The lowest BCUT2D eigenvalue weighted by Crippen LogP contribution is -2.28. The lowest BCUT2D eigenvalue weighted by Gasteiger charge is -2.17. The normalized spacial score (nSPS) is 11.4. The van der Waals surface area contributed by atoms with Gasteiger partial charge < -0.3 is 9.64 Å². The van der Waals surface area contributed by atoms with E-state index in [1.165, 1.54) is 17.0 Å². The Morgan fingerprint density at radius 2 is 2.05 bits per heavy atom. The van der Waals surface area contributed by atoms with E-state index < -0.39 is 10.0 Å². The first-order valence-electron chi connectivity index (χ1n) is 5.83. The van der Waals surface area contributed by atoms with E-state index in [0.29, 0.717) is 24.0 Å². The summed E-state index contributed by atoms with van der Waals surface area (Å²) in [7, 11) is -0.609. The number of methoxy groups -OCH3 is 1. The summed E-state index contributed by atoms with van der Waals surface area (Å²) in [6, 6.07) is 4.19. The van der Waals surface area contributed by atoms with E-state index in [9.17, 15) is 13.2 Å².